The van der Waals surface area contributed by atoms with Crippen LogP contribution in [0.15, 0.2) is 36.6 Å². The first-order valence-electron chi connectivity index (χ1n) is 6.42. The maximum atomic E-state index is 9.72. The van der Waals surface area contributed by atoms with Gasteiger partial charge in [0, 0.05) is 12.5 Å². The van der Waals surface area contributed by atoms with E-state index < -0.39 is 0 Å². The first-order chi connectivity index (χ1) is 10.5. The lowest BCUT2D eigenvalue weighted by Gasteiger charge is -2.02. The van der Waals surface area contributed by atoms with Crippen molar-refractivity contribution in [3.63, 3.8) is 0 Å². The number of rotatable bonds is 5. The van der Waals surface area contributed by atoms with Crippen molar-refractivity contribution < 1.29 is 9.84 Å². The largest absolute Gasteiger partial charge is 0.506 e. The van der Waals surface area contributed by atoms with Crippen molar-refractivity contribution in [3.8, 4) is 5.75 Å². The van der Waals surface area contributed by atoms with Gasteiger partial charge in [0.05, 0.1) is 34.0 Å². The van der Waals surface area contributed by atoms with Gasteiger partial charge in [-0.2, -0.15) is 5.10 Å². The molecule has 0 bridgehead atoms. The minimum Gasteiger partial charge on any atom is -0.506 e. The summed E-state index contributed by atoms with van der Waals surface area (Å²) in [6.45, 7) is 3.16. The second-order valence-electron chi connectivity index (χ2n) is 4.42. The summed E-state index contributed by atoms with van der Waals surface area (Å²) in [5, 5.41) is 16.2. The van der Waals surface area contributed by atoms with Gasteiger partial charge >= 0.3 is 0 Å². The zero-order chi connectivity index (χ0) is 16.1. The Bertz CT molecular complexity index is 730. The number of thiazole rings is 1. The van der Waals surface area contributed by atoms with Crippen LogP contribution in [-0.2, 0) is 4.74 Å². The molecule has 2 rings (SSSR count). The van der Waals surface area contributed by atoms with Gasteiger partial charge in [-0.15, -0.1) is 11.3 Å². The average Bonchev–Trinajstić information content (AvgIpc) is 2.83. The maximum absolute atomic E-state index is 9.72. The van der Waals surface area contributed by atoms with Crippen molar-refractivity contribution in [1.29, 1.82) is 0 Å². The number of phenolic OH excluding ortho intramolecular Hbond substituents is 1. The van der Waals surface area contributed by atoms with Gasteiger partial charge in [-0.3, -0.25) is 4.99 Å². The summed E-state index contributed by atoms with van der Waals surface area (Å²) >= 11 is 8.15. The molecule has 8 heteroatoms. The molecule has 1 N–H and O–H groups in total. The molecule has 0 aliphatic rings. The molecule has 1 aromatic heterocycles. The molecule has 0 amide bonds. The van der Waals surface area contributed by atoms with E-state index in [1.807, 2.05) is 12.3 Å². The van der Waals surface area contributed by atoms with Crippen LogP contribution in [0.5, 0.6) is 5.75 Å². The summed E-state index contributed by atoms with van der Waals surface area (Å²) in [4.78, 5) is 5.28. The van der Waals surface area contributed by atoms with Gasteiger partial charge in [0.15, 0.2) is 0 Å². The van der Waals surface area contributed by atoms with E-state index >= 15 is 0 Å². The molecule has 0 atom stereocenters. The second kappa shape index (κ2) is 8.05. The van der Waals surface area contributed by atoms with E-state index in [0.717, 1.165) is 16.1 Å². The number of aromatic hydroxyl groups is 1. The van der Waals surface area contributed by atoms with Crippen LogP contribution in [0.2, 0.25) is 0 Å². The van der Waals surface area contributed by atoms with Crippen LogP contribution < -0.4 is 4.80 Å². The van der Waals surface area contributed by atoms with E-state index in [9.17, 15) is 5.11 Å². The fourth-order valence-corrected chi connectivity index (χ4v) is 3.70. The lowest BCUT2D eigenvalue weighted by molar-refractivity contribution is 0.207. The quantitative estimate of drug-likeness (QED) is 0.561. The standard InChI is InChI=1S/C14H15Br2N3O2S/c1-9-8-22-14(17-3-4-21-2)19(9)18-7-10-5-11(15)13(20)12(16)6-10/h5-8,20H,3-4H2,1-2H3. The Kier molecular flexibility index (Phi) is 6.37. The van der Waals surface area contributed by atoms with E-state index in [2.05, 4.69) is 42.0 Å². The molecule has 0 saturated heterocycles. The third-order valence-electron chi connectivity index (χ3n) is 2.75. The van der Waals surface area contributed by atoms with Gasteiger partial charge in [-0.05, 0) is 56.5 Å². The molecule has 0 aliphatic carbocycles. The minimum absolute atomic E-state index is 0.173. The molecule has 0 spiro atoms. The summed E-state index contributed by atoms with van der Waals surface area (Å²) < 4.78 is 8.02. The Morgan fingerprint density at radius 3 is 2.68 bits per heavy atom. The molecule has 118 valence electrons. The van der Waals surface area contributed by atoms with Crippen molar-refractivity contribution in [1.82, 2.24) is 4.68 Å². The van der Waals surface area contributed by atoms with Crippen LogP contribution in [0, 0.1) is 6.92 Å². The number of aromatic nitrogens is 1. The molecule has 0 unspecified atom stereocenters. The maximum Gasteiger partial charge on any atom is 0.205 e. The van der Waals surface area contributed by atoms with Crippen LogP contribution in [0.1, 0.15) is 11.3 Å². The van der Waals surface area contributed by atoms with E-state index in [1.54, 1.807) is 30.1 Å². The number of hydrogen-bond acceptors (Lipinski definition) is 5. The highest BCUT2D eigenvalue weighted by Crippen LogP contribution is 2.32. The van der Waals surface area contributed by atoms with Crippen LogP contribution in [0.25, 0.3) is 0 Å². The minimum atomic E-state index is 0.173. The first-order valence-corrected chi connectivity index (χ1v) is 8.88. The van der Waals surface area contributed by atoms with E-state index in [1.165, 1.54) is 11.3 Å². The number of nitrogens with zero attached hydrogens (tertiary/aromatic N) is 3. The van der Waals surface area contributed by atoms with Crippen molar-refractivity contribution in [2.24, 2.45) is 10.1 Å². The normalized spacial score (nSPS) is 12.5. The number of benzene rings is 1. The molecule has 0 fully saturated rings. The van der Waals surface area contributed by atoms with Gasteiger partial charge in [-0.1, -0.05) is 0 Å². The molecule has 5 nitrogen and oxygen atoms in total. The summed E-state index contributed by atoms with van der Waals surface area (Å²) in [7, 11) is 1.65. The van der Waals surface area contributed by atoms with Crippen LogP contribution in [0.3, 0.4) is 0 Å². The molecule has 1 heterocycles. The topological polar surface area (TPSA) is 59.1 Å². The van der Waals surface area contributed by atoms with E-state index in [4.69, 9.17) is 4.74 Å². The van der Waals surface area contributed by atoms with E-state index in [-0.39, 0.29) is 5.75 Å². The molecular weight excluding hydrogens is 434 g/mol. The summed E-state index contributed by atoms with van der Waals surface area (Å²) in [6, 6.07) is 3.60. The van der Waals surface area contributed by atoms with Gasteiger partial charge < -0.3 is 9.84 Å². The molecule has 2 aromatic rings. The number of methoxy groups -OCH3 is 1. The predicted octanol–water partition coefficient (Wildman–Crippen LogP) is 3.52. The Balaban J connectivity index is 2.31. The zero-order valence-electron chi connectivity index (χ0n) is 12.1. The Morgan fingerprint density at radius 2 is 2.05 bits per heavy atom. The second-order valence-corrected chi connectivity index (χ2v) is 6.97. The van der Waals surface area contributed by atoms with Crippen molar-refractivity contribution in [2.45, 2.75) is 6.92 Å². The van der Waals surface area contributed by atoms with Gasteiger partial charge in [0.2, 0.25) is 4.80 Å². The highest BCUT2D eigenvalue weighted by atomic mass is 79.9. The van der Waals surface area contributed by atoms with Crippen LogP contribution >= 0.6 is 43.2 Å². The van der Waals surface area contributed by atoms with Gasteiger partial charge in [-0.25, -0.2) is 4.68 Å². The molecular formula is C14H15Br2N3O2S. The monoisotopic (exact) mass is 447 g/mol. The Hall–Kier alpha value is -0.960. The first kappa shape index (κ1) is 17.4. The Labute approximate surface area is 149 Å². The fraction of sp³-hybridized carbons (Fsp3) is 0.286. The van der Waals surface area contributed by atoms with Crippen molar-refractivity contribution in [2.75, 3.05) is 20.3 Å². The zero-order valence-corrected chi connectivity index (χ0v) is 16.1. The summed E-state index contributed by atoms with van der Waals surface area (Å²) in [5.74, 6) is 0.173. The highest BCUT2D eigenvalue weighted by Gasteiger charge is 2.05. The third kappa shape index (κ3) is 4.28. The number of hydrogen-bond donors (Lipinski definition) is 1. The van der Waals surface area contributed by atoms with Crippen LogP contribution in [-0.4, -0.2) is 36.3 Å². The third-order valence-corrected chi connectivity index (χ3v) is 4.93. The molecule has 1 aromatic carbocycles. The lowest BCUT2D eigenvalue weighted by Crippen LogP contribution is -2.13. The number of phenols is 1. The number of ether oxygens (including phenoxy) is 1. The lowest BCUT2D eigenvalue weighted by atomic mass is 10.2. The molecule has 22 heavy (non-hydrogen) atoms. The Morgan fingerprint density at radius 1 is 1.36 bits per heavy atom. The fourth-order valence-electron chi connectivity index (χ4n) is 1.65. The molecule has 0 saturated carbocycles. The van der Waals surface area contributed by atoms with Gasteiger partial charge in [0.1, 0.15) is 5.75 Å². The van der Waals surface area contributed by atoms with Crippen molar-refractivity contribution >= 4 is 49.4 Å². The van der Waals surface area contributed by atoms with Crippen molar-refractivity contribution in [3.05, 3.63) is 42.5 Å². The number of halogens is 2. The van der Waals surface area contributed by atoms with Gasteiger partial charge in [0.25, 0.3) is 0 Å². The summed E-state index contributed by atoms with van der Waals surface area (Å²) in [5.41, 5.74) is 1.87. The number of aryl methyl sites for hydroxylation is 1. The highest BCUT2D eigenvalue weighted by molar-refractivity contribution is 9.11. The molecule has 0 aliphatic heterocycles. The van der Waals surface area contributed by atoms with E-state index in [0.29, 0.717) is 22.1 Å². The smallest absolute Gasteiger partial charge is 0.205 e. The van der Waals surface area contributed by atoms with Crippen LogP contribution in [0.4, 0.5) is 0 Å². The predicted molar refractivity (Wildman–Crippen MR) is 95.9 cm³/mol. The summed E-state index contributed by atoms with van der Waals surface area (Å²) in [6.07, 6.45) is 1.73. The SMILES string of the molecule is COCCN=c1scc(C)n1N=Cc1cc(Br)c(O)c(Br)c1. The average molecular weight is 449 g/mol. The molecule has 0 radical (unpaired) electrons.